The van der Waals surface area contributed by atoms with Crippen molar-refractivity contribution in [2.24, 2.45) is 5.92 Å². The number of carbonyl (C=O) groups is 1. The topological polar surface area (TPSA) is 37.3 Å². The molecule has 1 unspecified atom stereocenters. The molecule has 0 aliphatic rings. The van der Waals surface area contributed by atoms with E-state index in [9.17, 15) is 4.79 Å². The minimum atomic E-state index is -0.643. The maximum atomic E-state index is 10.4. The summed E-state index contributed by atoms with van der Waals surface area (Å²) in [5.41, 5.74) is 0. The predicted octanol–water partition coefficient (Wildman–Crippen LogP) is 3.54. The molecule has 0 aliphatic heterocycles. The van der Waals surface area contributed by atoms with Crippen LogP contribution in [0.25, 0.3) is 0 Å². The fraction of sp³-hybridized carbons (Fsp3) is 0.917. The molecule has 0 aromatic carbocycles. The summed E-state index contributed by atoms with van der Waals surface area (Å²) in [6.07, 6.45) is 3.71. The van der Waals surface area contributed by atoms with Gasteiger partial charge >= 0.3 is 39.9 Å². The summed E-state index contributed by atoms with van der Waals surface area (Å²) in [7, 11) is -0.611. The van der Waals surface area contributed by atoms with E-state index in [2.05, 4.69) is 33.6 Å². The van der Waals surface area contributed by atoms with Crippen LogP contribution in [0.3, 0.4) is 0 Å². The van der Waals surface area contributed by atoms with Crippen molar-refractivity contribution in [3.8, 4) is 0 Å². The van der Waals surface area contributed by atoms with Gasteiger partial charge in [-0.2, -0.15) is 0 Å². The average molecular weight is 236 g/mol. The number of carboxylic acid groups (broad SMARTS) is 1. The van der Waals surface area contributed by atoms with Crippen molar-refractivity contribution in [3.05, 3.63) is 0 Å². The fourth-order valence-corrected chi connectivity index (χ4v) is 0.953. The van der Waals surface area contributed by atoms with Crippen LogP contribution in [0.1, 0.15) is 39.5 Å². The molecule has 0 fully saturated rings. The van der Waals surface area contributed by atoms with Gasteiger partial charge in [-0.05, 0) is 12.8 Å². The van der Waals surface area contributed by atoms with Gasteiger partial charge in [0.1, 0.15) is 0 Å². The van der Waals surface area contributed by atoms with Crippen molar-refractivity contribution < 1.29 is 9.90 Å². The Bertz CT molecular complexity index is 155. The van der Waals surface area contributed by atoms with E-state index in [1.54, 1.807) is 0 Å². The van der Waals surface area contributed by atoms with Crippen LogP contribution in [-0.2, 0) is 4.79 Å². The Labute approximate surface area is 95.8 Å². The van der Waals surface area contributed by atoms with Crippen LogP contribution in [-0.4, -0.2) is 37.7 Å². The van der Waals surface area contributed by atoms with Gasteiger partial charge in [-0.3, -0.25) is 4.79 Å². The Morgan fingerprint density at radius 1 is 1.20 bits per heavy atom. The molecule has 0 radical (unpaired) electrons. The monoisotopic (exact) mass is 236 g/mol. The van der Waals surface area contributed by atoms with Crippen molar-refractivity contribution >= 4 is 13.2 Å². The van der Waals surface area contributed by atoms with Gasteiger partial charge in [-0.1, -0.05) is 26.7 Å². The molecule has 0 rings (SSSR count). The zero-order valence-corrected chi connectivity index (χ0v) is 12.3. The van der Waals surface area contributed by atoms with E-state index in [0.29, 0.717) is 0 Å². The van der Waals surface area contributed by atoms with Crippen LogP contribution in [0, 0.1) is 5.92 Å². The van der Waals surface area contributed by atoms with E-state index in [-0.39, 0.29) is 5.92 Å². The molecule has 0 aromatic rings. The van der Waals surface area contributed by atoms with Gasteiger partial charge in [0.15, 0.2) is 0 Å². The van der Waals surface area contributed by atoms with E-state index in [1.165, 1.54) is 0 Å². The molecule has 0 aliphatic carbocycles. The second-order valence-corrected chi connectivity index (χ2v) is 11.6. The van der Waals surface area contributed by atoms with E-state index in [4.69, 9.17) is 5.11 Å². The minimum absolute atomic E-state index is 0.111. The van der Waals surface area contributed by atoms with Crippen molar-refractivity contribution in [3.63, 3.8) is 0 Å². The second-order valence-electron chi connectivity index (χ2n) is 5.59. The normalized spacial score (nSPS) is 13.7. The van der Waals surface area contributed by atoms with Crippen molar-refractivity contribution in [1.29, 1.82) is 0 Å². The third kappa shape index (κ3) is 20.1. The molecule has 3 heteroatoms. The number of unbranched alkanes of at least 4 members (excludes halogenated alkanes) is 1. The van der Waals surface area contributed by atoms with Crippen molar-refractivity contribution in [1.82, 2.24) is 0 Å². The molecule has 0 spiro atoms. The van der Waals surface area contributed by atoms with Crippen LogP contribution in [0.15, 0.2) is 0 Å². The van der Waals surface area contributed by atoms with Gasteiger partial charge in [0.05, 0.1) is 5.92 Å². The Balaban J connectivity index is 0. The van der Waals surface area contributed by atoms with Gasteiger partial charge < -0.3 is 5.11 Å². The molecule has 2 nitrogen and oxygen atoms in total. The quantitative estimate of drug-likeness (QED) is 0.741. The molecule has 0 amide bonds. The summed E-state index contributed by atoms with van der Waals surface area (Å²) in [6, 6.07) is 0. The van der Waals surface area contributed by atoms with Crippen LogP contribution in [0.5, 0.6) is 0 Å². The maximum absolute atomic E-state index is 10.4. The zero-order chi connectivity index (χ0) is 12.5. The van der Waals surface area contributed by atoms with Crippen LogP contribution >= 0.6 is 7.26 Å². The van der Waals surface area contributed by atoms with Crippen molar-refractivity contribution in [2.45, 2.75) is 39.5 Å². The molecule has 0 saturated heterocycles. The Morgan fingerprint density at radius 3 is 1.80 bits per heavy atom. The molecular weight excluding hydrogens is 207 g/mol. The Kier molecular flexibility index (Phi) is 10.6. The molecule has 0 saturated carbocycles. The number of aliphatic carboxylic acids is 1. The molecule has 15 heavy (non-hydrogen) atoms. The third-order valence-electron chi connectivity index (χ3n) is 1.75. The zero-order valence-electron chi connectivity index (χ0n) is 11.3. The second kappa shape index (κ2) is 9.15. The fourth-order valence-electron chi connectivity index (χ4n) is 0.953. The Hall–Kier alpha value is -0.100. The van der Waals surface area contributed by atoms with E-state index in [1.807, 2.05) is 6.92 Å². The first-order chi connectivity index (χ1) is 6.72. The number of hydrogen-bond donors (Lipinski definition) is 1. The van der Waals surface area contributed by atoms with Crippen LogP contribution in [0.4, 0.5) is 0 Å². The first kappa shape index (κ1) is 17.3. The summed E-state index contributed by atoms with van der Waals surface area (Å²) in [6.45, 7) is 13.3. The average Bonchev–Trinajstić information content (AvgIpc) is 2.02. The molecule has 0 aromatic heterocycles. The molecule has 1 atom stereocenters. The summed E-state index contributed by atoms with van der Waals surface area (Å²) >= 11 is 0. The number of carboxylic acids is 1. The van der Waals surface area contributed by atoms with E-state index >= 15 is 0 Å². The van der Waals surface area contributed by atoms with E-state index < -0.39 is 13.2 Å². The van der Waals surface area contributed by atoms with Gasteiger partial charge in [-0.15, -0.1) is 0 Å². The number of rotatable bonds is 5. The van der Waals surface area contributed by atoms with Crippen LogP contribution in [0.2, 0.25) is 0 Å². The SMILES string of the molecule is CCCCC(CC)C(=O)O.C[PH](C)(C)C. The molecule has 0 heterocycles. The summed E-state index contributed by atoms with van der Waals surface area (Å²) in [5, 5.41) is 8.60. The van der Waals surface area contributed by atoms with Crippen molar-refractivity contribution in [2.75, 3.05) is 26.7 Å². The van der Waals surface area contributed by atoms with Gasteiger partial charge in [-0.25, -0.2) is 0 Å². The summed E-state index contributed by atoms with van der Waals surface area (Å²) in [5.74, 6) is -0.754. The van der Waals surface area contributed by atoms with Gasteiger partial charge in [0, 0.05) is 0 Å². The van der Waals surface area contributed by atoms with E-state index in [0.717, 1.165) is 25.7 Å². The third-order valence-corrected chi connectivity index (χ3v) is 1.75. The molecule has 0 bridgehead atoms. The molecule has 94 valence electrons. The molecule has 1 N–H and O–H groups in total. The first-order valence-electron chi connectivity index (χ1n) is 5.95. The first-order valence-corrected chi connectivity index (χ1v) is 9.95. The molecular formula is C12H29O2P. The predicted molar refractivity (Wildman–Crippen MR) is 73.0 cm³/mol. The Morgan fingerprint density at radius 2 is 1.60 bits per heavy atom. The van der Waals surface area contributed by atoms with Crippen LogP contribution < -0.4 is 0 Å². The standard InChI is InChI=1S/C8H16O2.C4H13P/c1-3-5-6-7(4-2)8(9)10;1-5(2,3)4/h7H,3-6H2,1-2H3,(H,9,10);5H,1-4H3. The summed E-state index contributed by atoms with van der Waals surface area (Å²) < 4.78 is 0. The van der Waals surface area contributed by atoms with Gasteiger partial charge in [0.25, 0.3) is 0 Å². The van der Waals surface area contributed by atoms with Gasteiger partial charge in [0.2, 0.25) is 0 Å². The summed E-state index contributed by atoms with van der Waals surface area (Å²) in [4.78, 5) is 10.4. The number of hydrogen-bond acceptors (Lipinski definition) is 1.